The average Bonchev–Trinajstić information content (AvgIpc) is 2.88. The summed E-state index contributed by atoms with van der Waals surface area (Å²) in [5, 5.41) is 13.7. The number of aliphatic imine (C=N–C) groups is 1. The molecule has 2 aliphatic rings. The molecule has 2 atom stereocenters. The first-order valence-corrected chi connectivity index (χ1v) is 10.3. The lowest BCUT2D eigenvalue weighted by atomic mass is 9.93. The number of benzene rings is 2. The van der Waals surface area contributed by atoms with E-state index in [0.29, 0.717) is 36.0 Å². The van der Waals surface area contributed by atoms with Crippen LogP contribution in [0, 0.1) is 5.92 Å². The van der Waals surface area contributed by atoms with Gasteiger partial charge in [-0.15, -0.1) is 0 Å². The number of carboxylic acids is 1. The number of nitrogens with one attached hydrogen (secondary N) is 1. The molecule has 7 heteroatoms. The zero-order chi connectivity index (χ0) is 20.4. The maximum absolute atomic E-state index is 11.8. The van der Waals surface area contributed by atoms with E-state index in [9.17, 15) is 9.90 Å². The van der Waals surface area contributed by atoms with Crippen molar-refractivity contribution in [2.45, 2.75) is 25.8 Å². The number of ether oxygens (including phenoxy) is 1. The Hall–Kier alpha value is -2.57. The molecule has 1 fully saturated rings. The second-order valence-corrected chi connectivity index (χ2v) is 7.82. The van der Waals surface area contributed by atoms with Crippen molar-refractivity contribution in [2.75, 3.05) is 19.6 Å². The summed E-state index contributed by atoms with van der Waals surface area (Å²) in [4.78, 5) is 18.9. The van der Waals surface area contributed by atoms with Gasteiger partial charge < -0.3 is 20.1 Å². The number of piperazine rings is 1. The summed E-state index contributed by atoms with van der Waals surface area (Å²) in [5.74, 6) is 0.981. The van der Waals surface area contributed by atoms with Crippen LogP contribution in [0.25, 0.3) is 0 Å². The molecule has 0 saturated carbocycles. The van der Waals surface area contributed by atoms with E-state index in [-0.39, 0.29) is 6.04 Å². The van der Waals surface area contributed by atoms with Gasteiger partial charge in [-0.2, -0.15) is 0 Å². The van der Waals surface area contributed by atoms with Crippen LogP contribution in [-0.2, 0) is 4.79 Å². The molecule has 2 heterocycles. The minimum atomic E-state index is -0.755. The van der Waals surface area contributed by atoms with E-state index in [0.717, 1.165) is 30.1 Å². The first-order chi connectivity index (χ1) is 14.1. The Labute approximate surface area is 175 Å². The first-order valence-electron chi connectivity index (χ1n) is 9.93. The summed E-state index contributed by atoms with van der Waals surface area (Å²) in [6.07, 6.45) is 1.48. The number of nitrogens with zero attached hydrogens (tertiary/aromatic N) is 2. The summed E-state index contributed by atoms with van der Waals surface area (Å²) in [5.41, 5.74) is 1.56. The third-order valence-electron chi connectivity index (χ3n) is 5.40. The van der Waals surface area contributed by atoms with Crippen LogP contribution in [0.5, 0.6) is 11.5 Å². The minimum Gasteiger partial charge on any atom is -0.481 e. The van der Waals surface area contributed by atoms with E-state index in [1.807, 2.05) is 37.3 Å². The molecule has 2 aliphatic heterocycles. The van der Waals surface area contributed by atoms with Gasteiger partial charge in [0.1, 0.15) is 17.3 Å². The van der Waals surface area contributed by atoms with Crippen molar-refractivity contribution in [3.63, 3.8) is 0 Å². The molecule has 0 bridgehead atoms. The molecule has 0 amide bonds. The Morgan fingerprint density at radius 1 is 1.34 bits per heavy atom. The molecule has 0 aliphatic carbocycles. The number of carbonyl (C=O) groups is 1. The summed E-state index contributed by atoms with van der Waals surface area (Å²) >= 11 is 6.20. The summed E-state index contributed by atoms with van der Waals surface area (Å²) in [7, 11) is 0. The van der Waals surface area contributed by atoms with Crippen LogP contribution in [0.3, 0.4) is 0 Å². The van der Waals surface area contributed by atoms with Gasteiger partial charge in [0.2, 0.25) is 0 Å². The topological polar surface area (TPSA) is 74.2 Å². The van der Waals surface area contributed by atoms with Gasteiger partial charge in [-0.25, -0.2) is 4.99 Å². The third-order valence-corrected chi connectivity index (χ3v) is 5.64. The van der Waals surface area contributed by atoms with Crippen molar-refractivity contribution in [3.8, 4) is 11.5 Å². The first kappa shape index (κ1) is 19.7. The van der Waals surface area contributed by atoms with E-state index in [2.05, 4.69) is 10.2 Å². The van der Waals surface area contributed by atoms with Gasteiger partial charge in [0.25, 0.3) is 0 Å². The number of hydrogen-bond donors (Lipinski definition) is 2. The molecule has 152 valence electrons. The van der Waals surface area contributed by atoms with E-state index in [1.54, 1.807) is 12.1 Å². The highest BCUT2D eigenvalue weighted by Crippen LogP contribution is 2.39. The normalized spacial score (nSPS) is 19.3. The fourth-order valence-corrected chi connectivity index (χ4v) is 4.15. The summed E-state index contributed by atoms with van der Waals surface area (Å²) in [6, 6.07) is 13.1. The van der Waals surface area contributed by atoms with Crippen molar-refractivity contribution < 1.29 is 14.6 Å². The van der Waals surface area contributed by atoms with Crippen molar-refractivity contribution >= 4 is 29.1 Å². The fraction of sp³-hybridized carbons (Fsp3) is 0.364. The zero-order valence-corrected chi connectivity index (χ0v) is 17.0. The highest BCUT2D eigenvalue weighted by atomic mass is 35.5. The molecule has 6 nitrogen and oxygen atoms in total. The van der Waals surface area contributed by atoms with Crippen LogP contribution in [-0.4, -0.2) is 47.5 Å². The number of hydrogen-bond acceptors (Lipinski definition) is 5. The molecule has 4 rings (SSSR count). The molecule has 0 unspecified atom stereocenters. The molecule has 0 aromatic heterocycles. The van der Waals surface area contributed by atoms with Crippen LogP contribution in [0.2, 0.25) is 5.02 Å². The summed E-state index contributed by atoms with van der Waals surface area (Å²) < 4.78 is 6.12. The second kappa shape index (κ2) is 8.43. The smallest absolute Gasteiger partial charge is 0.308 e. The number of rotatable bonds is 4. The van der Waals surface area contributed by atoms with Gasteiger partial charge >= 0.3 is 5.97 Å². The molecule has 2 N–H and O–H groups in total. The van der Waals surface area contributed by atoms with Gasteiger partial charge in [-0.3, -0.25) is 4.79 Å². The quantitative estimate of drug-likeness (QED) is 0.781. The highest BCUT2D eigenvalue weighted by Gasteiger charge is 2.33. The number of halogens is 1. The number of carboxylic acid groups (broad SMARTS) is 1. The predicted octanol–water partition coefficient (Wildman–Crippen LogP) is 4.30. The SMILES string of the molecule is CCC[C@@H](C(=O)O)[C@H]1CN(C2=Nc3cc(Cl)ccc3Oc3ccccc32)CCN1. The van der Waals surface area contributed by atoms with Gasteiger partial charge in [0.15, 0.2) is 5.75 Å². The van der Waals surface area contributed by atoms with Crippen LogP contribution in [0.1, 0.15) is 25.3 Å². The second-order valence-electron chi connectivity index (χ2n) is 7.39. The number of para-hydroxylation sites is 1. The lowest BCUT2D eigenvalue weighted by Gasteiger charge is -2.38. The van der Waals surface area contributed by atoms with Crippen LogP contribution in [0.15, 0.2) is 47.5 Å². The Morgan fingerprint density at radius 3 is 2.97 bits per heavy atom. The van der Waals surface area contributed by atoms with Gasteiger partial charge in [-0.05, 0) is 36.8 Å². The molecular weight excluding hydrogens is 390 g/mol. The van der Waals surface area contributed by atoms with Gasteiger partial charge in [0, 0.05) is 30.7 Å². The maximum Gasteiger partial charge on any atom is 0.308 e. The van der Waals surface area contributed by atoms with Crippen molar-refractivity contribution in [1.82, 2.24) is 10.2 Å². The Bertz CT molecular complexity index is 947. The van der Waals surface area contributed by atoms with Gasteiger partial charge in [0.05, 0.1) is 11.5 Å². The number of fused-ring (bicyclic) bond motifs is 2. The van der Waals surface area contributed by atoms with Crippen molar-refractivity contribution in [2.24, 2.45) is 10.9 Å². The predicted molar refractivity (Wildman–Crippen MR) is 114 cm³/mol. The molecule has 0 spiro atoms. The Kier molecular flexibility index (Phi) is 5.74. The fourth-order valence-electron chi connectivity index (χ4n) is 3.99. The molecular formula is C22H24ClN3O3. The number of amidine groups is 1. The lowest BCUT2D eigenvalue weighted by Crippen LogP contribution is -2.56. The van der Waals surface area contributed by atoms with E-state index < -0.39 is 11.9 Å². The zero-order valence-electron chi connectivity index (χ0n) is 16.3. The lowest BCUT2D eigenvalue weighted by molar-refractivity contribution is -0.143. The minimum absolute atomic E-state index is 0.140. The van der Waals surface area contributed by atoms with Crippen LogP contribution < -0.4 is 10.1 Å². The largest absolute Gasteiger partial charge is 0.481 e. The standard InChI is InChI=1S/C22H24ClN3O3/c1-2-5-15(22(27)28)18-13-26(11-10-24-18)21-16-6-3-4-7-19(16)29-20-9-8-14(23)12-17(20)25-21/h3-4,6-9,12,15,18,24H,2,5,10-11,13H2,1H3,(H,27,28)/t15-,18-/m1/s1. The van der Waals surface area contributed by atoms with E-state index >= 15 is 0 Å². The highest BCUT2D eigenvalue weighted by molar-refractivity contribution is 6.31. The van der Waals surface area contributed by atoms with E-state index in [1.165, 1.54) is 0 Å². The summed E-state index contributed by atoms with van der Waals surface area (Å²) in [6.45, 7) is 4.01. The Balaban J connectivity index is 1.72. The molecule has 1 saturated heterocycles. The van der Waals surface area contributed by atoms with Crippen molar-refractivity contribution in [1.29, 1.82) is 0 Å². The molecule has 2 aromatic carbocycles. The monoisotopic (exact) mass is 413 g/mol. The number of aliphatic carboxylic acids is 1. The van der Waals surface area contributed by atoms with Gasteiger partial charge in [-0.1, -0.05) is 37.1 Å². The Morgan fingerprint density at radius 2 is 2.17 bits per heavy atom. The average molecular weight is 414 g/mol. The molecule has 29 heavy (non-hydrogen) atoms. The molecule has 0 radical (unpaired) electrons. The van der Waals surface area contributed by atoms with E-state index in [4.69, 9.17) is 21.3 Å². The van der Waals surface area contributed by atoms with Crippen LogP contribution >= 0.6 is 11.6 Å². The maximum atomic E-state index is 11.8. The third kappa shape index (κ3) is 4.09. The van der Waals surface area contributed by atoms with Crippen molar-refractivity contribution in [3.05, 3.63) is 53.1 Å². The van der Waals surface area contributed by atoms with Crippen LogP contribution in [0.4, 0.5) is 5.69 Å². The molecule has 2 aromatic rings.